The molecule has 1 heterocycles. The SMILES string of the molecule is CC(C)(C)S(=O)(=O)NCC1COCCN1. The van der Waals surface area contributed by atoms with Gasteiger partial charge in [-0.2, -0.15) is 0 Å². The van der Waals surface area contributed by atoms with Gasteiger partial charge in [0.05, 0.1) is 18.0 Å². The minimum Gasteiger partial charge on any atom is -0.378 e. The Kier molecular flexibility index (Phi) is 4.11. The molecule has 1 unspecified atom stereocenters. The summed E-state index contributed by atoms with van der Waals surface area (Å²) < 4.78 is 30.5. The molecule has 90 valence electrons. The first-order valence-electron chi connectivity index (χ1n) is 5.13. The molecule has 0 radical (unpaired) electrons. The van der Waals surface area contributed by atoms with Gasteiger partial charge in [0.2, 0.25) is 10.0 Å². The average Bonchev–Trinajstić information content (AvgIpc) is 2.15. The first kappa shape index (κ1) is 12.9. The molecule has 15 heavy (non-hydrogen) atoms. The third-order valence-corrected chi connectivity index (χ3v) is 4.48. The lowest BCUT2D eigenvalue weighted by atomic mass is 10.3. The molecule has 1 fully saturated rings. The average molecular weight is 236 g/mol. The van der Waals surface area contributed by atoms with Gasteiger partial charge in [-0.3, -0.25) is 0 Å². The van der Waals surface area contributed by atoms with Gasteiger partial charge < -0.3 is 10.1 Å². The molecule has 0 spiro atoms. The van der Waals surface area contributed by atoms with E-state index >= 15 is 0 Å². The largest absolute Gasteiger partial charge is 0.378 e. The molecule has 0 bridgehead atoms. The van der Waals surface area contributed by atoms with Gasteiger partial charge in [0, 0.05) is 19.1 Å². The van der Waals surface area contributed by atoms with E-state index < -0.39 is 14.8 Å². The lowest BCUT2D eigenvalue weighted by molar-refractivity contribution is 0.0783. The molecule has 1 rings (SSSR count). The highest BCUT2D eigenvalue weighted by molar-refractivity contribution is 7.90. The predicted octanol–water partition coefficient (Wildman–Crippen LogP) is -0.307. The van der Waals surface area contributed by atoms with Crippen LogP contribution in [-0.2, 0) is 14.8 Å². The van der Waals surface area contributed by atoms with Crippen molar-refractivity contribution in [2.75, 3.05) is 26.3 Å². The fraction of sp³-hybridized carbons (Fsp3) is 1.00. The number of nitrogens with one attached hydrogen (secondary N) is 2. The van der Waals surface area contributed by atoms with Crippen molar-refractivity contribution >= 4 is 10.0 Å². The summed E-state index contributed by atoms with van der Waals surface area (Å²) in [5, 5.41) is 3.19. The van der Waals surface area contributed by atoms with Crippen LogP contribution >= 0.6 is 0 Å². The van der Waals surface area contributed by atoms with Crippen molar-refractivity contribution < 1.29 is 13.2 Å². The first-order chi connectivity index (χ1) is 6.83. The Morgan fingerprint density at radius 3 is 2.60 bits per heavy atom. The fourth-order valence-corrected chi connectivity index (χ4v) is 2.03. The lowest BCUT2D eigenvalue weighted by Gasteiger charge is -2.26. The third-order valence-electron chi connectivity index (χ3n) is 2.32. The van der Waals surface area contributed by atoms with Crippen LogP contribution in [0.15, 0.2) is 0 Å². The van der Waals surface area contributed by atoms with Crippen LogP contribution in [0.5, 0.6) is 0 Å². The molecule has 2 N–H and O–H groups in total. The normalized spacial score (nSPS) is 24.1. The highest BCUT2D eigenvalue weighted by Gasteiger charge is 2.29. The molecule has 0 saturated carbocycles. The molecule has 0 aromatic rings. The van der Waals surface area contributed by atoms with Crippen LogP contribution in [0.25, 0.3) is 0 Å². The Hall–Kier alpha value is -0.170. The summed E-state index contributed by atoms with van der Waals surface area (Å²) in [5.41, 5.74) is 0. The lowest BCUT2D eigenvalue weighted by Crippen LogP contribution is -2.50. The molecule has 1 aliphatic rings. The number of hydrogen-bond acceptors (Lipinski definition) is 4. The van der Waals surface area contributed by atoms with Crippen LogP contribution in [0, 0.1) is 0 Å². The number of hydrogen-bond donors (Lipinski definition) is 2. The zero-order valence-electron chi connectivity index (χ0n) is 9.54. The molecular weight excluding hydrogens is 216 g/mol. The van der Waals surface area contributed by atoms with Gasteiger partial charge in [-0.25, -0.2) is 13.1 Å². The summed E-state index contributed by atoms with van der Waals surface area (Å²) >= 11 is 0. The second-order valence-electron chi connectivity index (χ2n) is 4.69. The van der Waals surface area contributed by atoms with E-state index in [1.807, 2.05) is 0 Å². The van der Waals surface area contributed by atoms with E-state index in [0.29, 0.717) is 19.8 Å². The van der Waals surface area contributed by atoms with Crippen LogP contribution in [0.4, 0.5) is 0 Å². The van der Waals surface area contributed by atoms with Gasteiger partial charge in [0.15, 0.2) is 0 Å². The van der Waals surface area contributed by atoms with E-state index in [4.69, 9.17) is 4.74 Å². The van der Waals surface area contributed by atoms with Crippen LogP contribution < -0.4 is 10.0 Å². The maximum absolute atomic E-state index is 11.7. The second-order valence-corrected chi connectivity index (χ2v) is 7.21. The second kappa shape index (κ2) is 4.78. The van der Waals surface area contributed by atoms with E-state index in [9.17, 15) is 8.42 Å². The maximum atomic E-state index is 11.7. The van der Waals surface area contributed by atoms with Crippen molar-refractivity contribution in [3.63, 3.8) is 0 Å². The van der Waals surface area contributed by atoms with Gasteiger partial charge in [-0.1, -0.05) is 0 Å². The van der Waals surface area contributed by atoms with Crippen molar-refractivity contribution in [3.8, 4) is 0 Å². The molecular formula is C9H20N2O3S. The van der Waals surface area contributed by atoms with Crippen LogP contribution in [0.3, 0.4) is 0 Å². The van der Waals surface area contributed by atoms with E-state index in [1.54, 1.807) is 20.8 Å². The molecule has 0 aromatic carbocycles. The predicted molar refractivity (Wildman–Crippen MR) is 59.3 cm³/mol. The van der Waals surface area contributed by atoms with E-state index in [1.165, 1.54) is 0 Å². The number of ether oxygens (including phenoxy) is 1. The van der Waals surface area contributed by atoms with E-state index in [0.717, 1.165) is 6.54 Å². The molecule has 0 aliphatic carbocycles. The zero-order chi connectivity index (χ0) is 11.5. The summed E-state index contributed by atoms with van der Waals surface area (Å²) in [6.07, 6.45) is 0. The summed E-state index contributed by atoms with van der Waals surface area (Å²) in [5.74, 6) is 0. The van der Waals surface area contributed by atoms with Gasteiger partial charge in [-0.15, -0.1) is 0 Å². The number of sulfonamides is 1. The first-order valence-corrected chi connectivity index (χ1v) is 6.61. The summed E-state index contributed by atoms with van der Waals surface area (Å²) in [4.78, 5) is 0. The van der Waals surface area contributed by atoms with Crippen molar-refractivity contribution in [1.29, 1.82) is 0 Å². The van der Waals surface area contributed by atoms with Crippen LogP contribution in [0.1, 0.15) is 20.8 Å². The monoisotopic (exact) mass is 236 g/mol. The summed E-state index contributed by atoms with van der Waals surface area (Å²) in [6, 6.07) is 0.0795. The Bertz CT molecular complexity index is 289. The zero-order valence-corrected chi connectivity index (χ0v) is 10.4. The minimum absolute atomic E-state index is 0.0795. The number of morpholine rings is 1. The Morgan fingerprint density at radius 1 is 1.47 bits per heavy atom. The van der Waals surface area contributed by atoms with Crippen molar-refractivity contribution in [2.45, 2.75) is 31.6 Å². The smallest absolute Gasteiger partial charge is 0.216 e. The summed E-state index contributed by atoms with van der Waals surface area (Å²) in [6.45, 7) is 7.47. The quantitative estimate of drug-likeness (QED) is 0.705. The number of rotatable bonds is 3. The van der Waals surface area contributed by atoms with Crippen molar-refractivity contribution in [3.05, 3.63) is 0 Å². The Labute approximate surface area is 91.6 Å². The van der Waals surface area contributed by atoms with E-state index in [-0.39, 0.29) is 6.04 Å². The Balaban J connectivity index is 2.42. The molecule has 1 aliphatic heterocycles. The summed E-state index contributed by atoms with van der Waals surface area (Å²) in [7, 11) is -3.24. The van der Waals surface area contributed by atoms with Crippen molar-refractivity contribution in [2.24, 2.45) is 0 Å². The van der Waals surface area contributed by atoms with Gasteiger partial charge in [0.1, 0.15) is 0 Å². The maximum Gasteiger partial charge on any atom is 0.216 e. The van der Waals surface area contributed by atoms with Crippen molar-refractivity contribution in [1.82, 2.24) is 10.0 Å². The van der Waals surface area contributed by atoms with Gasteiger partial charge in [0.25, 0.3) is 0 Å². The van der Waals surface area contributed by atoms with Crippen LogP contribution in [0.2, 0.25) is 0 Å². The highest BCUT2D eigenvalue weighted by atomic mass is 32.2. The molecule has 5 nitrogen and oxygen atoms in total. The molecule has 1 saturated heterocycles. The standard InChI is InChI=1S/C9H20N2O3S/c1-9(2,3)15(12,13)11-6-8-7-14-5-4-10-8/h8,10-11H,4-7H2,1-3H3. The third kappa shape index (κ3) is 3.71. The highest BCUT2D eigenvalue weighted by Crippen LogP contribution is 2.12. The molecule has 6 heteroatoms. The molecule has 1 atom stereocenters. The minimum atomic E-state index is -3.24. The van der Waals surface area contributed by atoms with Gasteiger partial charge in [-0.05, 0) is 20.8 Å². The molecule has 0 amide bonds. The van der Waals surface area contributed by atoms with Crippen LogP contribution in [-0.4, -0.2) is 45.5 Å². The fourth-order valence-electron chi connectivity index (χ4n) is 1.18. The topological polar surface area (TPSA) is 67.4 Å². The molecule has 0 aromatic heterocycles. The van der Waals surface area contributed by atoms with Gasteiger partial charge >= 0.3 is 0 Å². The van der Waals surface area contributed by atoms with E-state index in [2.05, 4.69) is 10.0 Å². The Morgan fingerprint density at radius 2 is 2.13 bits per heavy atom.